The summed E-state index contributed by atoms with van der Waals surface area (Å²) in [5.74, 6) is 0.530. The largest absolute Gasteiger partial charge is 0.325 e. The molecule has 26 heavy (non-hydrogen) atoms. The Labute approximate surface area is 160 Å². The van der Waals surface area contributed by atoms with Crippen LogP contribution in [-0.2, 0) is 10.5 Å². The molecular formula is C19H21N3O2S2. The average molecular weight is 388 g/mol. The van der Waals surface area contributed by atoms with Crippen molar-refractivity contribution >= 4 is 39.7 Å². The summed E-state index contributed by atoms with van der Waals surface area (Å²) in [5.41, 5.74) is 0.987. The monoisotopic (exact) mass is 387 g/mol. The maximum absolute atomic E-state index is 12.3. The van der Waals surface area contributed by atoms with E-state index in [-0.39, 0.29) is 11.5 Å². The van der Waals surface area contributed by atoms with Crippen LogP contribution in [-0.4, -0.2) is 15.3 Å². The summed E-state index contributed by atoms with van der Waals surface area (Å²) >= 11 is 3.06. The van der Waals surface area contributed by atoms with E-state index in [0.29, 0.717) is 10.7 Å². The van der Waals surface area contributed by atoms with Gasteiger partial charge in [0.2, 0.25) is 5.91 Å². The van der Waals surface area contributed by atoms with Crippen molar-refractivity contribution in [3.8, 4) is 0 Å². The van der Waals surface area contributed by atoms with Gasteiger partial charge in [-0.1, -0.05) is 32.9 Å². The number of anilines is 1. The van der Waals surface area contributed by atoms with Gasteiger partial charge in [0.25, 0.3) is 5.56 Å². The number of benzene rings is 1. The zero-order valence-electron chi connectivity index (χ0n) is 15.2. The third-order valence-electron chi connectivity index (χ3n) is 3.73. The first-order valence-electron chi connectivity index (χ1n) is 8.26. The Morgan fingerprint density at radius 1 is 1.31 bits per heavy atom. The fraction of sp³-hybridized carbons (Fsp3) is 0.316. The minimum Gasteiger partial charge on any atom is -0.325 e. The standard InChI is InChI=1S/C19H21N3O2S2/c1-12-10-22-16(23)9-13(20-18(22)26-12)11-25-15-8-6-5-7-14(15)21-17(24)19(2,3)4/h5-10H,11H2,1-4H3,(H,21,24). The van der Waals surface area contributed by atoms with Crippen molar-refractivity contribution < 1.29 is 4.79 Å². The predicted molar refractivity (Wildman–Crippen MR) is 108 cm³/mol. The molecule has 1 N–H and O–H groups in total. The summed E-state index contributed by atoms with van der Waals surface area (Å²) in [5, 5.41) is 2.99. The number of nitrogens with one attached hydrogen (secondary N) is 1. The van der Waals surface area contributed by atoms with Crippen molar-refractivity contribution in [2.75, 3.05) is 5.32 Å². The first-order chi connectivity index (χ1) is 12.2. The molecule has 0 spiro atoms. The van der Waals surface area contributed by atoms with Gasteiger partial charge in [0, 0.05) is 33.2 Å². The molecule has 0 saturated carbocycles. The topological polar surface area (TPSA) is 63.5 Å². The van der Waals surface area contributed by atoms with Gasteiger partial charge in [-0.2, -0.15) is 0 Å². The molecule has 1 amide bonds. The van der Waals surface area contributed by atoms with E-state index in [4.69, 9.17) is 0 Å². The highest BCUT2D eigenvalue weighted by Gasteiger charge is 2.22. The lowest BCUT2D eigenvalue weighted by Gasteiger charge is -2.19. The zero-order valence-corrected chi connectivity index (χ0v) is 16.8. The Bertz CT molecular complexity index is 1020. The molecule has 3 aromatic rings. The van der Waals surface area contributed by atoms with Crippen LogP contribution in [0.5, 0.6) is 0 Å². The lowest BCUT2D eigenvalue weighted by atomic mass is 9.95. The van der Waals surface area contributed by atoms with Crippen molar-refractivity contribution in [1.82, 2.24) is 9.38 Å². The second kappa shape index (κ2) is 7.25. The second-order valence-electron chi connectivity index (χ2n) is 7.07. The summed E-state index contributed by atoms with van der Waals surface area (Å²) in [4.78, 5) is 31.8. The second-order valence-corrected chi connectivity index (χ2v) is 9.30. The molecule has 2 aromatic heterocycles. The highest BCUT2D eigenvalue weighted by molar-refractivity contribution is 7.98. The van der Waals surface area contributed by atoms with Crippen LogP contribution in [0, 0.1) is 12.3 Å². The first kappa shape index (κ1) is 18.7. The van der Waals surface area contributed by atoms with E-state index in [1.54, 1.807) is 22.2 Å². The Morgan fingerprint density at radius 3 is 2.77 bits per heavy atom. The summed E-state index contributed by atoms with van der Waals surface area (Å²) in [7, 11) is 0. The summed E-state index contributed by atoms with van der Waals surface area (Å²) in [6.07, 6.45) is 1.81. The van der Waals surface area contributed by atoms with Crippen molar-refractivity contribution in [1.29, 1.82) is 0 Å². The number of para-hydroxylation sites is 1. The van der Waals surface area contributed by atoms with E-state index < -0.39 is 5.41 Å². The van der Waals surface area contributed by atoms with Crippen LogP contribution in [0.4, 0.5) is 5.69 Å². The maximum Gasteiger partial charge on any atom is 0.258 e. The molecule has 0 fully saturated rings. The van der Waals surface area contributed by atoms with Gasteiger partial charge in [0.15, 0.2) is 4.96 Å². The van der Waals surface area contributed by atoms with Crippen LogP contribution < -0.4 is 10.9 Å². The van der Waals surface area contributed by atoms with E-state index in [1.807, 2.05) is 58.2 Å². The van der Waals surface area contributed by atoms with Crippen molar-refractivity contribution in [2.45, 2.75) is 38.3 Å². The molecular weight excluding hydrogens is 366 g/mol. The highest BCUT2D eigenvalue weighted by Crippen LogP contribution is 2.30. The number of aryl methyl sites for hydroxylation is 1. The van der Waals surface area contributed by atoms with E-state index in [0.717, 1.165) is 21.2 Å². The zero-order chi connectivity index (χ0) is 18.9. The summed E-state index contributed by atoms with van der Waals surface area (Å²) in [6, 6.07) is 9.25. The predicted octanol–water partition coefficient (Wildman–Crippen LogP) is 4.34. The number of hydrogen-bond donors (Lipinski definition) is 1. The smallest absolute Gasteiger partial charge is 0.258 e. The Hall–Kier alpha value is -2.12. The number of rotatable bonds is 4. The molecule has 0 saturated heterocycles. The SMILES string of the molecule is Cc1cn2c(=O)cc(CSc3ccccc3NC(=O)C(C)(C)C)nc2s1. The van der Waals surface area contributed by atoms with Gasteiger partial charge >= 0.3 is 0 Å². The van der Waals surface area contributed by atoms with Gasteiger partial charge in [-0.05, 0) is 19.1 Å². The summed E-state index contributed by atoms with van der Waals surface area (Å²) < 4.78 is 1.58. The van der Waals surface area contributed by atoms with Gasteiger partial charge < -0.3 is 5.32 Å². The number of carbonyl (C=O) groups is 1. The third kappa shape index (κ3) is 4.16. The van der Waals surface area contributed by atoms with Crippen molar-refractivity contribution in [2.24, 2.45) is 5.41 Å². The van der Waals surface area contributed by atoms with E-state index in [9.17, 15) is 9.59 Å². The van der Waals surface area contributed by atoms with Gasteiger partial charge in [-0.15, -0.1) is 23.1 Å². The number of amides is 1. The quantitative estimate of drug-likeness (QED) is 0.677. The van der Waals surface area contributed by atoms with Crippen LogP contribution >= 0.6 is 23.1 Å². The van der Waals surface area contributed by atoms with Crippen LogP contribution in [0.3, 0.4) is 0 Å². The van der Waals surface area contributed by atoms with E-state index in [1.165, 1.54) is 11.3 Å². The van der Waals surface area contributed by atoms with Crippen molar-refractivity contribution in [3.05, 3.63) is 57.5 Å². The Kier molecular flexibility index (Phi) is 5.20. The van der Waals surface area contributed by atoms with Gasteiger partial charge in [0.1, 0.15) is 0 Å². The molecule has 0 aliphatic rings. The van der Waals surface area contributed by atoms with Crippen LogP contribution in [0.2, 0.25) is 0 Å². The molecule has 5 nitrogen and oxygen atoms in total. The summed E-state index contributed by atoms with van der Waals surface area (Å²) in [6.45, 7) is 7.61. The molecule has 0 bridgehead atoms. The number of fused-ring (bicyclic) bond motifs is 1. The molecule has 0 radical (unpaired) electrons. The number of carbonyl (C=O) groups excluding carboxylic acids is 1. The lowest BCUT2D eigenvalue weighted by Crippen LogP contribution is -2.27. The van der Waals surface area contributed by atoms with Crippen LogP contribution in [0.25, 0.3) is 4.96 Å². The van der Waals surface area contributed by atoms with Gasteiger partial charge in [-0.25, -0.2) is 4.98 Å². The molecule has 3 rings (SSSR count). The lowest BCUT2D eigenvalue weighted by molar-refractivity contribution is -0.123. The molecule has 7 heteroatoms. The molecule has 2 heterocycles. The minimum atomic E-state index is -0.462. The number of thioether (sulfide) groups is 1. The third-order valence-corrected chi connectivity index (χ3v) is 5.73. The number of thiazole rings is 1. The number of aromatic nitrogens is 2. The normalized spacial score (nSPS) is 11.7. The van der Waals surface area contributed by atoms with E-state index in [2.05, 4.69) is 10.3 Å². The Balaban J connectivity index is 1.80. The average Bonchev–Trinajstić information content (AvgIpc) is 2.94. The molecule has 0 aliphatic carbocycles. The fourth-order valence-corrected chi connectivity index (χ4v) is 4.04. The maximum atomic E-state index is 12.3. The molecule has 0 atom stereocenters. The molecule has 1 aromatic carbocycles. The number of nitrogens with zero attached hydrogens (tertiary/aromatic N) is 2. The number of hydrogen-bond acceptors (Lipinski definition) is 5. The Morgan fingerprint density at radius 2 is 2.04 bits per heavy atom. The molecule has 0 aliphatic heterocycles. The van der Waals surface area contributed by atoms with Gasteiger partial charge in [0.05, 0.1) is 11.4 Å². The van der Waals surface area contributed by atoms with E-state index >= 15 is 0 Å². The van der Waals surface area contributed by atoms with Crippen molar-refractivity contribution in [3.63, 3.8) is 0 Å². The first-order valence-corrected chi connectivity index (χ1v) is 10.1. The van der Waals surface area contributed by atoms with Crippen LogP contribution in [0.15, 0.2) is 46.2 Å². The highest BCUT2D eigenvalue weighted by atomic mass is 32.2. The van der Waals surface area contributed by atoms with Gasteiger partial charge in [-0.3, -0.25) is 14.0 Å². The molecule has 0 unspecified atom stereocenters. The minimum absolute atomic E-state index is 0.0302. The van der Waals surface area contributed by atoms with Crippen LogP contribution in [0.1, 0.15) is 31.3 Å². The fourth-order valence-electron chi connectivity index (χ4n) is 2.29. The molecule has 136 valence electrons.